The molecule has 0 aliphatic carbocycles. The first-order valence-corrected chi connectivity index (χ1v) is 8.28. The topological polar surface area (TPSA) is 59.4 Å². The van der Waals surface area contributed by atoms with Gasteiger partial charge in [0.1, 0.15) is 0 Å². The number of nitrogens with one attached hydrogen (secondary N) is 1. The van der Waals surface area contributed by atoms with E-state index < -0.39 is 0 Å². The normalized spacial score (nSPS) is 17.9. The summed E-state index contributed by atoms with van der Waals surface area (Å²) in [6.07, 6.45) is 5.57. The lowest BCUT2D eigenvalue weighted by Gasteiger charge is -2.23. The van der Waals surface area contributed by atoms with Gasteiger partial charge in [0.2, 0.25) is 0 Å². The van der Waals surface area contributed by atoms with E-state index >= 15 is 0 Å². The number of nitrogens with zero attached hydrogens (tertiary/aromatic N) is 3. The minimum atomic E-state index is -0.0535. The highest BCUT2D eigenvalue weighted by atomic mass is 32.1. The maximum atomic E-state index is 12.5. The van der Waals surface area contributed by atoms with E-state index in [9.17, 15) is 4.79 Å². The van der Waals surface area contributed by atoms with Crippen LogP contribution in [0.15, 0.2) is 29.9 Å². The SMILES string of the molecule is COCCn1cc(NC(=O)N2CCCC2c2cccs2)cn1. The number of hydrogen-bond donors (Lipinski definition) is 1. The highest BCUT2D eigenvalue weighted by molar-refractivity contribution is 7.10. The van der Waals surface area contributed by atoms with Crippen LogP contribution in [0.1, 0.15) is 23.8 Å². The van der Waals surface area contributed by atoms with Crippen LogP contribution in [0.3, 0.4) is 0 Å². The molecule has 118 valence electrons. The molecule has 0 saturated carbocycles. The number of thiophene rings is 1. The summed E-state index contributed by atoms with van der Waals surface area (Å²) in [5.41, 5.74) is 0.720. The summed E-state index contributed by atoms with van der Waals surface area (Å²) in [5, 5.41) is 9.21. The second-order valence-electron chi connectivity index (χ2n) is 5.28. The van der Waals surface area contributed by atoms with Crippen molar-refractivity contribution in [2.75, 3.05) is 25.6 Å². The van der Waals surface area contributed by atoms with Gasteiger partial charge in [-0.25, -0.2) is 4.79 Å². The van der Waals surface area contributed by atoms with E-state index in [1.165, 1.54) is 4.88 Å². The lowest BCUT2D eigenvalue weighted by molar-refractivity contribution is 0.183. The molecule has 1 unspecified atom stereocenters. The van der Waals surface area contributed by atoms with Crippen LogP contribution in [-0.4, -0.2) is 41.0 Å². The smallest absolute Gasteiger partial charge is 0.322 e. The summed E-state index contributed by atoms with van der Waals surface area (Å²) >= 11 is 1.71. The highest BCUT2D eigenvalue weighted by Gasteiger charge is 2.30. The van der Waals surface area contributed by atoms with Gasteiger partial charge in [0.05, 0.1) is 31.1 Å². The van der Waals surface area contributed by atoms with E-state index in [1.54, 1.807) is 29.3 Å². The summed E-state index contributed by atoms with van der Waals surface area (Å²) in [6.45, 7) is 2.07. The fraction of sp³-hybridized carbons (Fsp3) is 0.467. The van der Waals surface area contributed by atoms with Gasteiger partial charge < -0.3 is 15.0 Å². The lowest BCUT2D eigenvalue weighted by atomic mass is 10.2. The van der Waals surface area contributed by atoms with E-state index in [0.717, 1.165) is 25.1 Å². The third-order valence-corrected chi connectivity index (χ3v) is 4.77. The first-order valence-electron chi connectivity index (χ1n) is 7.40. The van der Waals surface area contributed by atoms with E-state index in [2.05, 4.69) is 21.9 Å². The van der Waals surface area contributed by atoms with Gasteiger partial charge >= 0.3 is 6.03 Å². The van der Waals surface area contributed by atoms with Crippen LogP contribution < -0.4 is 5.32 Å². The predicted octanol–water partition coefficient (Wildman–Crippen LogP) is 2.96. The molecule has 2 aromatic rings. The van der Waals surface area contributed by atoms with Crippen molar-refractivity contribution in [2.45, 2.75) is 25.4 Å². The van der Waals surface area contributed by atoms with Crippen LogP contribution in [0.25, 0.3) is 0 Å². The zero-order valence-electron chi connectivity index (χ0n) is 12.6. The van der Waals surface area contributed by atoms with Crippen molar-refractivity contribution in [2.24, 2.45) is 0 Å². The summed E-state index contributed by atoms with van der Waals surface area (Å²) in [5.74, 6) is 0. The zero-order valence-corrected chi connectivity index (χ0v) is 13.4. The minimum absolute atomic E-state index is 0.0535. The largest absolute Gasteiger partial charge is 0.383 e. The Hall–Kier alpha value is -1.86. The van der Waals surface area contributed by atoms with E-state index in [0.29, 0.717) is 13.2 Å². The third-order valence-electron chi connectivity index (χ3n) is 3.79. The van der Waals surface area contributed by atoms with Gasteiger partial charge in [0.25, 0.3) is 0 Å². The fourth-order valence-electron chi connectivity index (χ4n) is 2.72. The van der Waals surface area contributed by atoms with E-state index in [-0.39, 0.29) is 12.1 Å². The molecule has 2 amide bonds. The maximum absolute atomic E-state index is 12.5. The second kappa shape index (κ2) is 6.93. The van der Waals surface area contributed by atoms with Crippen molar-refractivity contribution < 1.29 is 9.53 Å². The van der Waals surface area contributed by atoms with E-state index in [4.69, 9.17) is 4.74 Å². The van der Waals surface area contributed by atoms with E-state index in [1.807, 2.05) is 17.2 Å². The lowest BCUT2D eigenvalue weighted by Crippen LogP contribution is -2.34. The Morgan fingerprint density at radius 3 is 3.27 bits per heavy atom. The van der Waals surface area contributed by atoms with Crippen molar-refractivity contribution in [1.29, 1.82) is 0 Å². The standard InChI is InChI=1S/C15H20N4O2S/c1-21-8-7-18-11-12(10-16-18)17-15(20)19-6-2-4-13(19)14-5-3-9-22-14/h3,5,9-11,13H,2,4,6-8H2,1H3,(H,17,20). The molecule has 0 spiro atoms. The number of likely N-dealkylation sites (tertiary alicyclic amines) is 1. The number of methoxy groups -OCH3 is 1. The molecular weight excluding hydrogens is 300 g/mol. The molecule has 7 heteroatoms. The van der Waals surface area contributed by atoms with Crippen LogP contribution in [0.2, 0.25) is 0 Å². The van der Waals surface area contributed by atoms with Gasteiger partial charge in [0.15, 0.2) is 0 Å². The van der Waals surface area contributed by atoms with Crippen molar-refractivity contribution in [3.63, 3.8) is 0 Å². The molecule has 22 heavy (non-hydrogen) atoms. The molecule has 1 N–H and O–H groups in total. The second-order valence-corrected chi connectivity index (χ2v) is 6.26. The molecule has 1 saturated heterocycles. The molecule has 1 aliphatic rings. The molecule has 6 nitrogen and oxygen atoms in total. The molecule has 0 bridgehead atoms. The quantitative estimate of drug-likeness (QED) is 0.921. The van der Waals surface area contributed by atoms with Gasteiger partial charge in [-0.3, -0.25) is 4.68 Å². The summed E-state index contributed by atoms with van der Waals surface area (Å²) in [7, 11) is 1.66. The number of rotatable bonds is 5. The molecular formula is C15H20N4O2S. The first kappa shape index (κ1) is 15.1. The molecule has 3 heterocycles. The average molecular weight is 320 g/mol. The minimum Gasteiger partial charge on any atom is -0.383 e. The Kier molecular flexibility index (Phi) is 4.74. The number of urea groups is 1. The number of carbonyl (C=O) groups is 1. The predicted molar refractivity (Wildman–Crippen MR) is 86.1 cm³/mol. The molecule has 0 radical (unpaired) electrons. The Morgan fingerprint density at radius 2 is 2.50 bits per heavy atom. The van der Waals surface area contributed by atoms with Gasteiger partial charge in [-0.1, -0.05) is 6.07 Å². The van der Waals surface area contributed by atoms with Crippen LogP contribution in [0.4, 0.5) is 10.5 Å². The van der Waals surface area contributed by atoms with Crippen molar-refractivity contribution in [3.8, 4) is 0 Å². The summed E-state index contributed by atoms with van der Waals surface area (Å²) in [4.78, 5) is 15.7. The number of carbonyl (C=O) groups excluding carboxylic acids is 1. The molecule has 1 aliphatic heterocycles. The van der Waals surface area contributed by atoms with Gasteiger partial charge in [0, 0.05) is 24.7 Å². The summed E-state index contributed by atoms with van der Waals surface area (Å²) in [6, 6.07) is 4.28. The molecule has 1 fully saturated rings. The highest BCUT2D eigenvalue weighted by Crippen LogP contribution is 2.34. The first-order chi connectivity index (χ1) is 10.8. The van der Waals surface area contributed by atoms with Crippen LogP contribution in [0.5, 0.6) is 0 Å². The summed E-state index contributed by atoms with van der Waals surface area (Å²) < 4.78 is 6.78. The average Bonchev–Trinajstić information content (AvgIpc) is 3.25. The van der Waals surface area contributed by atoms with Gasteiger partial charge in [-0.15, -0.1) is 11.3 Å². The third kappa shape index (κ3) is 3.31. The van der Waals surface area contributed by atoms with Crippen LogP contribution in [0, 0.1) is 0 Å². The van der Waals surface area contributed by atoms with Gasteiger partial charge in [-0.2, -0.15) is 5.10 Å². The fourth-order valence-corrected chi connectivity index (χ4v) is 3.59. The molecule has 1 atom stereocenters. The Bertz CT molecular complexity index is 611. The zero-order chi connectivity index (χ0) is 15.4. The molecule has 3 rings (SSSR count). The molecule has 0 aromatic carbocycles. The maximum Gasteiger partial charge on any atom is 0.322 e. The number of hydrogen-bond acceptors (Lipinski definition) is 4. The Labute approximate surface area is 133 Å². The number of amides is 2. The van der Waals surface area contributed by atoms with Crippen LogP contribution >= 0.6 is 11.3 Å². The van der Waals surface area contributed by atoms with Crippen molar-refractivity contribution in [3.05, 3.63) is 34.8 Å². The number of anilines is 1. The van der Waals surface area contributed by atoms with Crippen molar-refractivity contribution >= 4 is 23.1 Å². The van der Waals surface area contributed by atoms with Crippen LogP contribution in [-0.2, 0) is 11.3 Å². The van der Waals surface area contributed by atoms with Crippen molar-refractivity contribution in [1.82, 2.24) is 14.7 Å². The van der Waals surface area contributed by atoms with Gasteiger partial charge in [-0.05, 0) is 24.3 Å². The Balaban J connectivity index is 1.62. The molecule has 2 aromatic heterocycles. The number of ether oxygens (including phenoxy) is 1. The monoisotopic (exact) mass is 320 g/mol. The number of aromatic nitrogens is 2. The Morgan fingerprint density at radius 1 is 1.59 bits per heavy atom.